The van der Waals surface area contributed by atoms with Crippen molar-refractivity contribution in [1.82, 2.24) is 4.90 Å². The highest BCUT2D eigenvalue weighted by Gasteiger charge is 2.36. The number of anilines is 1. The van der Waals surface area contributed by atoms with Crippen molar-refractivity contribution in [2.75, 3.05) is 25.9 Å². The molecule has 1 aliphatic carbocycles. The van der Waals surface area contributed by atoms with E-state index >= 15 is 0 Å². The Morgan fingerprint density at radius 1 is 0.914 bits per heavy atom. The van der Waals surface area contributed by atoms with E-state index in [0.29, 0.717) is 18.5 Å². The number of likely N-dealkylation sites (tertiary alicyclic amines) is 1. The number of carbonyl (C=O) groups excluding carboxylic acids is 1. The van der Waals surface area contributed by atoms with Crippen LogP contribution in [-0.4, -0.2) is 31.5 Å². The SMILES string of the molecule is CC.CN1CCC2(C=C(c3ccc(N)cc3)c3ccccc3C2)CC1.O=COCc1ccccc1. The first-order valence-electron chi connectivity index (χ1n) is 12.5. The van der Waals surface area contributed by atoms with Gasteiger partial charge >= 0.3 is 0 Å². The van der Waals surface area contributed by atoms with Crippen LogP contribution < -0.4 is 5.73 Å². The van der Waals surface area contributed by atoms with Gasteiger partial charge in [0, 0.05) is 5.69 Å². The molecule has 1 aliphatic heterocycles. The standard InChI is InChI=1S/C21H24N2.C8H8O2.C2H6/c1-23-12-10-21(11-13-23)14-17-4-2-3-5-19(17)20(15-21)16-6-8-18(22)9-7-16;9-7-10-6-8-4-2-1-3-5-8;1-2/h2-9,15H,10-14,22H2,1H3;1-5,7H,6H2;1-2H3. The molecule has 0 saturated carbocycles. The molecule has 0 radical (unpaired) electrons. The number of ether oxygens (including phenoxy) is 1. The lowest BCUT2D eigenvalue weighted by atomic mass is 9.67. The van der Waals surface area contributed by atoms with Crippen LogP contribution in [0.5, 0.6) is 0 Å². The molecule has 4 heteroatoms. The van der Waals surface area contributed by atoms with Crippen molar-refractivity contribution >= 4 is 17.7 Å². The molecular formula is C31H38N2O2. The van der Waals surface area contributed by atoms with E-state index in [9.17, 15) is 4.79 Å². The van der Waals surface area contributed by atoms with Crippen molar-refractivity contribution < 1.29 is 9.53 Å². The fourth-order valence-electron chi connectivity index (χ4n) is 4.74. The number of carbonyl (C=O) groups is 1. The summed E-state index contributed by atoms with van der Waals surface area (Å²) in [5, 5.41) is 0. The average Bonchev–Trinajstić information content (AvgIpc) is 2.91. The number of benzene rings is 3. The van der Waals surface area contributed by atoms with E-state index in [2.05, 4.69) is 59.2 Å². The van der Waals surface area contributed by atoms with E-state index in [1.165, 1.54) is 54.6 Å². The largest absolute Gasteiger partial charge is 0.463 e. The number of hydrogen-bond acceptors (Lipinski definition) is 4. The topological polar surface area (TPSA) is 55.6 Å². The number of nitrogens with two attached hydrogens (primary N) is 1. The summed E-state index contributed by atoms with van der Waals surface area (Å²) in [6.07, 6.45) is 6.23. The van der Waals surface area contributed by atoms with Crippen LogP contribution in [-0.2, 0) is 22.6 Å². The van der Waals surface area contributed by atoms with Gasteiger partial charge in [-0.2, -0.15) is 0 Å². The highest BCUT2D eigenvalue weighted by Crippen LogP contribution is 2.45. The molecular weight excluding hydrogens is 432 g/mol. The Bertz CT molecular complexity index is 1080. The Balaban J connectivity index is 0.000000240. The molecule has 2 aliphatic rings. The molecule has 1 spiro atoms. The van der Waals surface area contributed by atoms with Crippen molar-refractivity contribution in [2.24, 2.45) is 5.41 Å². The lowest BCUT2D eigenvalue weighted by Crippen LogP contribution is -2.39. The normalized spacial score (nSPS) is 15.9. The molecule has 2 N–H and O–H groups in total. The number of piperidine rings is 1. The summed E-state index contributed by atoms with van der Waals surface area (Å²) < 4.78 is 4.54. The van der Waals surface area contributed by atoms with E-state index in [0.717, 1.165) is 11.3 Å². The summed E-state index contributed by atoms with van der Waals surface area (Å²) in [7, 11) is 2.23. The molecule has 4 nitrogen and oxygen atoms in total. The maximum atomic E-state index is 9.76. The third-order valence-electron chi connectivity index (χ3n) is 6.67. The van der Waals surface area contributed by atoms with Gasteiger partial charge in [-0.3, -0.25) is 4.79 Å². The highest BCUT2D eigenvalue weighted by molar-refractivity contribution is 5.83. The van der Waals surface area contributed by atoms with Crippen LogP contribution in [0.1, 0.15) is 48.9 Å². The summed E-state index contributed by atoms with van der Waals surface area (Å²) in [5.74, 6) is 0. The smallest absolute Gasteiger partial charge is 0.293 e. The predicted octanol–water partition coefficient (Wildman–Crippen LogP) is 6.35. The molecule has 3 aromatic rings. The second kappa shape index (κ2) is 12.9. The molecule has 5 rings (SSSR count). The van der Waals surface area contributed by atoms with E-state index < -0.39 is 0 Å². The zero-order valence-electron chi connectivity index (χ0n) is 21.2. The first kappa shape index (κ1) is 26.2. The molecule has 35 heavy (non-hydrogen) atoms. The zero-order chi connectivity index (χ0) is 25.1. The van der Waals surface area contributed by atoms with Crippen LogP contribution in [0.25, 0.3) is 5.57 Å². The lowest BCUT2D eigenvalue weighted by Gasteiger charge is -2.42. The van der Waals surface area contributed by atoms with Gasteiger partial charge in [0.25, 0.3) is 6.47 Å². The van der Waals surface area contributed by atoms with Crippen molar-refractivity contribution in [3.8, 4) is 0 Å². The minimum Gasteiger partial charge on any atom is -0.463 e. The average molecular weight is 471 g/mol. The van der Waals surface area contributed by atoms with E-state index in [1.54, 1.807) is 0 Å². The van der Waals surface area contributed by atoms with E-state index in [-0.39, 0.29) is 0 Å². The van der Waals surface area contributed by atoms with Gasteiger partial charge in [0.05, 0.1) is 0 Å². The van der Waals surface area contributed by atoms with E-state index in [1.807, 2.05) is 56.3 Å². The quantitative estimate of drug-likeness (QED) is 0.356. The van der Waals surface area contributed by atoms with Gasteiger partial charge in [0.1, 0.15) is 6.61 Å². The van der Waals surface area contributed by atoms with Gasteiger partial charge < -0.3 is 15.4 Å². The molecule has 0 unspecified atom stereocenters. The summed E-state index contributed by atoms with van der Waals surface area (Å²) in [5.41, 5.74) is 13.6. The van der Waals surface area contributed by atoms with Crippen molar-refractivity contribution in [3.05, 3.63) is 107 Å². The second-order valence-corrected chi connectivity index (χ2v) is 9.07. The minimum absolute atomic E-state index is 0.317. The minimum atomic E-state index is 0.317. The zero-order valence-corrected chi connectivity index (χ0v) is 21.2. The molecule has 0 amide bonds. The molecule has 3 aromatic carbocycles. The monoisotopic (exact) mass is 470 g/mol. The molecule has 0 atom stereocenters. The van der Waals surface area contributed by atoms with E-state index in [4.69, 9.17) is 5.73 Å². The lowest BCUT2D eigenvalue weighted by molar-refractivity contribution is -0.129. The maximum Gasteiger partial charge on any atom is 0.293 e. The van der Waals surface area contributed by atoms with Gasteiger partial charge in [0.15, 0.2) is 0 Å². The second-order valence-electron chi connectivity index (χ2n) is 9.07. The first-order valence-corrected chi connectivity index (χ1v) is 12.5. The fraction of sp³-hybridized carbons (Fsp3) is 0.323. The Hall–Kier alpha value is -3.37. The van der Waals surface area contributed by atoms with Crippen molar-refractivity contribution in [2.45, 2.75) is 39.7 Å². The van der Waals surface area contributed by atoms with Crippen LogP contribution in [0.4, 0.5) is 5.69 Å². The highest BCUT2D eigenvalue weighted by atomic mass is 16.5. The van der Waals surface area contributed by atoms with Crippen molar-refractivity contribution in [1.29, 1.82) is 0 Å². The van der Waals surface area contributed by atoms with Gasteiger partial charge in [-0.1, -0.05) is 86.7 Å². The number of nitrogens with zero attached hydrogens (tertiary/aromatic N) is 1. The third-order valence-corrected chi connectivity index (χ3v) is 6.67. The summed E-state index contributed by atoms with van der Waals surface area (Å²) in [6.45, 7) is 7.19. The molecule has 1 heterocycles. The van der Waals surface area contributed by atoms with Crippen LogP contribution in [0.3, 0.4) is 0 Å². The van der Waals surface area contributed by atoms with Crippen LogP contribution in [0.2, 0.25) is 0 Å². The number of rotatable bonds is 4. The third kappa shape index (κ3) is 7.06. The van der Waals surface area contributed by atoms with Crippen LogP contribution in [0, 0.1) is 5.41 Å². The van der Waals surface area contributed by atoms with Gasteiger partial charge in [0.2, 0.25) is 0 Å². The number of allylic oxidation sites excluding steroid dienone is 1. The number of fused-ring (bicyclic) bond motifs is 1. The maximum absolute atomic E-state index is 9.76. The Morgan fingerprint density at radius 3 is 2.20 bits per heavy atom. The van der Waals surface area contributed by atoms with Crippen LogP contribution in [0.15, 0.2) is 84.9 Å². The number of nitrogen functional groups attached to an aromatic ring is 1. The van der Waals surface area contributed by atoms with Gasteiger partial charge in [-0.05, 0) is 84.8 Å². The van der Waals surface area contributed by atoms with Gasteiger partial charge in [-0.25, -0.2) is 0 Å². The van der Waals surface area contributed by atoms with Gasteiger partial charge in [-0.15, -0.1) is 0 Å². The molecule has 0 aromatic heterocycles. The Kier molecular flexibility index (Phi) is 9.68. The Morgan fingerprint density at radius 2 is 1.54 bits per heavy atom. The molecule has 184 valence electrons. The Labute approximate surface area is 210 Å². The summed E-state index contributed by atoms with van der Waals surface area (Å²) >= 11 is 0. The predicted molar refractivity (Wildman–Crippen MR) is 146 cm³/mol. The number of hydrogen-bond donors (Lipinski definition) is 1. The van der Waals surface area contributed by atoms with Crippen molar-refractivity contribution in [3.63, 3.8) is 0 Å². The summed E-state index contributed by atoms with van der Waals surface area (Å²) in [4.78, 5) is 12.2. The molecule has 1 fully saturated rings. The molecule has 1 saturated heterocycles. The fourth-order valence-corrected chi connectivity index (χ4v) is 4.74. The summed E-state index contributed by atoms with van der Waals surface area (Å²) in [6, 6.07) is 26.8. The van der Waals surface area contributed by atoms with Crippen LogP contribution >= 0.6 is 0 Å². The first-order chi connectivity index (χ1) is 17.1. The molecule has 0 bridgehead atoms.